The summed E-state index contributed by atoms with van der Waals surface area (Å²) in [6.07, 6.45) is 3.18. The molecule has 7 nitrogen and oxygen atoms in total. The molecule has 2 amide bonds. The molecule has 0 saturated carbocycles. The number of hydrogen-bond acceptors (Lipinski definition) is 4. The second-order valence-corrected chi connectivity index (χ2v) is 7.81. The molecule has 0 spiro atoms. The molecule has 1 aliphatic heterocycles. The Morgan fingerprint density at radius 2 is 1.87 bits per heavy atom. The van der Waals surface area contributed by atoms with Crippen molar-refractivity contribution in [2.45, 2.75) is 13.0 Å². The molecule has 9 heteroatoms. The predicted molar refractivity (Wildman–Crippen MR) is 122 cm³/mol. The van der Waals surface area contributed by atoms with E-state index in [2.05, 4.69) is 5.32 Å². The molecule has 0 aliphatic carbocycles. The summed E-state index contributed by atoms with van der Waals surface area (Å²) in [6.45, 7) is 1.59. The van der Waals surface area contributed by atoms with Gasteiger partial charge in [-0.05, 0) is 73.2 Å². The summed E-state index contributed by atoms with van der Waals surface area (Å²) in [6, 6.07) is 12.9. The number of carboxylic acids is 1. The van der Waals surface area contributed by atoms with Crippen molar-refractivity contribution in [1.29, 1.82) is 0 Å². The number of aliphatic carboxylic acids is 1. The Morgan fingerprint density at radius 3 is 2.55 bits per heavy atom. The molecule has 4 rings (SSSR count). The minimum atomic E-state index is -0.938. The second-order valence-electron chi connectivity index (χ2n) is 6.99. The number of thiocarbonyl (C=S) groups is 1. The fourth-order valence-corrected chi connectivity index (χ4v) is 3.78. The van der Waals surface area contributed by atoms with Gasteiger partial charge in [0.2, 0.25) is 0 Å². The van der Waals surface area contributed by atoms with Crippen LogP contribution in [0.25, 0.3) is 17.0 Å². The van der Waals surface area contributed by atoms with Gasteiger partial charge in [0.15, 0.2) is 5.11 Å². The molecule has 1 fully saturated rings. The van der Waals surface area contributed by atoms with Crippen LogP contribution in [0.2, 0.25) is 5.02 Å². The van der Waals surface area contributed by atoms with E-state index in [1.165, 1.54) is 11.0 Å². The number of carboxylic acid groups (broad SMARTS) is 1. The topological polar surface area (TPSA) is 91.6 Å². The van der Waals surface area contributed by atoms with Gasteiger partial charge < -0.3 is 9.67 Å². The third-order valence-corrected chi connectivity index (χ3v) is 5.55. The lowest BCUT2D eigenvalue weighted by Crippen LogP contribution is -2.54. The summed E-state index contributed by atoms with van der Waals surface area (Å²) in [5.41, 5.74) is 1.78. The zero-order chi connectivity index (χ0) is 22.3. The Labute approximate surface area is 187 Å². The number of benzene rings is 2. The van der Waals surface area contributed by atoms with Crippen LogP contribution < -0.4 is 10.2 Å². The highest BCUT2D eigenvalue weighted by atomic mass is 35.5. The molecule has 1 aliphatic rings. The number of carbonyl (C=O) groups is 3. The Hall–Kier alpha value is -3.49. The molecule has 2 N–H and O–H groups in total. The van der Waals surface area contributed by atoms with Crippen LogP contribution in [0.1, 0.15) is 18.5 Å². The lowest BCUT2D eigenvalue weighted by Gasteiger charge is -2.28. The highest BCUT2D eigenvalue weighted by Crippen LogP contribution is 2.26. The van der Waals surface area contributed by atoms with E-state index in [0.717, 1.165) is 10.9 Å². The number of anilines is 1. The van der Waals surface area contributed by atoms with Gasteiger partial charge in [-0.15, -0.1) is 0 Å². The molecule has 1 atom stereocenters. The van der Waals surface area contributed by atoms with Crippen LogP contribution in [0.15, 0.2) is 60.3 Å². The van der Waals surface area contributed by atoms with Crippen molar-refractivity contribution in [3.63, 3.8) is 0 Å². The van der Waals surface area contributed by atoms with Gasteiger partial charge in [-0.2, -0.15) is 0 Å². The molecule has 31 heavy (non-hydrogen) atoms. The van der Waals surface area contributed by atoms with Crippen molar-refractivity contribution < 1.29 is 19.5 Å². The molecule has 1 aromatic heterocycles. The van der Waals surface area contributed by atoms with E-state index in [-0.39, 0.29) is 10.7 Å². The summed E-state index contributed by atoms with van der Waals surface area (Å²) in [5.74, 6) is -2.07. The lowest BCUT2D eigenvalue weighted by molar-refractivity contribution is -0.140. The smallest absolute Gasteiger partial charge is 0.326 e. The molecular weight excluding hydrogens is 438 g/mol. The first-order valence-corrected chi connectivity index (χ1v) is 10.1. The predicted octanol–water partition coefficient (Wildman–Crippen LogP) is 3.77. The van der Waals surface area contributed by atoms with Crippen LogP contribution in [0.5, 0.6) is 0 Å². The molecule has 156 valence electrons. The summed E-state index contributed by atoms with van der Waals surface area (Å²) in [4.78, 5) is 38.1. The molecule has 0 radical (unpaired) electrons. The number of amides is 2. The van der Waals surface area contributed by atoms with Gasteiger partial charge >= 0.3 is 5.97 Å². The standard InChI is InChI=1S/C22H16ClN3O4S/c1-12(21(29)30)25-9-8-14-10-13(2-7-18(14)25)11-17-19(27)24-22(31)26(20(17)28)16-5-3-15(23)4-6-16/h2-12H,1H3,(H,29,30)(H,24,27,31)/b17-11+/t12-/m0/s1. The maximum atomic E-state index is 13.1. The van der Waals surface area contributed by atoms with Crippen LogP contribution in [0.3, 0.4) is 0 Å². The average Bonchev–Trinajstić information content (AvgIpc) is 3.15. The zero-order valence-electron chi connectivity index (χ0n) is 16.2. The van der Waals surface area contributed by atoms with Crippen molar-refractivity contribution in [3.05, 3.63) is 70.9 Å². The highest BCUT2D eigenvalue weighted by Gasteiger charge is 2.34. The van der Waals surface area contributed by atoms with Gasteiger partial charge in [0.1, 0.15) is 11.6 Å². The van der Waals surface area contributed by atoms with Gasteiger partial charge in [0.05, 0.1) is 5.69 Å². The third kappa shape index (κ3) is 3.83. The highest BCUT2D eigenvalue weighted by molar-refractivity contribution is 7.80. The molecule has 0 bridgehead atoms. The van der Waals surface area contributed by atoms with Crippen molar-refractivity contribution in [2.24, 2.45) is 0 Å². The first kappa shape index (κ1) is 20.8. The molecular formula is C22H16ClN3O4S. The Bertz CT molecular complexity index is 1280. The van der Waals surface area contributed by atoms with Crippen molar-refractivity contribution in [1.82, 2.24) is 9.88 Å². The third-order valence-electron chi connectivity index (χ3n) is 5.02. The normalized spacial score (nSPS) is 16.6. The summed E-state index contributed by atoms with van der Waals surface area (Å²) in [5, 5.41) is 13.1. The Morgan fingerprint density at radius 1 is 1.16 bits per heavy atom. The second kappa shape index (κ2) is 7.98. The van der Waals surface area contributed by atoms with E-state index < -0.39 is 23.8 Å². The number of hydrogen-bond donors (Lipinski definition) is 2. The molecule has 2 aromatic carbocycles. The van der Waals surface area contributed by atoms with E-state index in [1.54, 1.807) is 66.2 Å². The maximum Gasteiger partial charge on any atom is 0.326 e. The Balaban J connectivity index is 1.71. The number of aromatic nitrogens is 1. The quantitative estimate of drug-likeness (QED) is 0.356. The van der Waals surface area contributed by atoms with E-state index in [9.17, 15) is 19.5 Å². The van der Waals surface area contributed by atoms with Gasteiger partial charge in [-0.3, -0.25) is 19.8 Å². The van der Waals surface area contributed by atoms with E-state index in [1.807, 2.05) is 0 Å². The number of fused-ring (bicyclic) bond motifs is 1. The van der Waals surface area contributed by atoms with Crippen LogP contribution in [-0.4, -0.2) is 32.6 Å². The van der Waals surface area contributed by atoms with Gasteiger partial charge in [-0.25, -0.2) is 4.79 Å². The Kier molecular flexibility index (Phi) is 5.34. The average molecular weight is 454 g/mol. The summed E-state index contributed by atoms with van der Waals surface area (Å²) >= 11 is 11.1. The molecule has 0 unspecified atom stereocenters. The minimum absolute atomic E-state index is 0.00957. The SMILES string of the molecule is C[C@@H](C(=O)O)n1ccc2cc(/C=C3\C(=O)NC(=S)N(c4ccc(Cl)cc4)C3=O)ccc21. The van der Waals surface area contributed by atoms with Crippen LogP contribution in [-0.2, 0) is 14.4 Å². The lowest BCUT2D eigenvalue weighted by atomic mass is 10.1. The van der Waals surface area contributed by atoms with E-state index in [4.69, 9.17) is 23.8 Å². The van der Waals surface area contributed by atoms with Crippen LogP contribution >= 0.6 is 23.8 Å². The number of carbonyl (C=O) groups excluding carboxylic acids is 2. The van der Waals surface area contributed by atoms with E-state index >= 15 is 0 Å². The van der Waals surface area contributed by atoms with Gasteiger partial charge in [0.25, 0.3) is 11.8 Å². The number of nitrogens with zero attached hydrogens (tertiary/aromatic N) is 2. The summed E-state index contributed by atoms with van der Waals surface area (Å²) in [7, 11) is 0. The monoisotopic (exact) mass is 453 g/mol. The van der Waals surface area contributed by atoms with Crippen LogP contribution in [0.4, 0.5) is 5.69 Å². The summed E-state index contributed by atoms with van der Waals surface area (Å²) < 4.78 is 1.65. The van der Waals surface area contributed by atoms with Gasteiger partial charge in [-0.1, -0.05) is 17.7 Å². The van der Waals surface area contributed by atoms with Crippen molar-refractivity contribution in [3.8, 4) is 0 Å². The minimum Gasteiger partial charge on any atom is -0.480 e. The van der Waals surface area contributed by atoms with E-state index in [0.29, 0.717) is 16.3 Å². The first-order valence-electron chi connectivity index (χ1n) is 9.26. The molecule has 2 heterocycles. The molecule has 1 saturated heterocycles. The van der Waals surface area contributed by atoms with Gasteiger partial charge in [0, 0.05) is 22.1 Å². The van der Waals surface area contributed by atoms with Crippen molar-refractivity contribution >= 4 is 69.4 Å². The molecule has 3 aromatic rings. The first-order chi connectivity index (χ1) is 14.8. The largest absolute Gasteiger partial charge is 0.480 e. The zero-order valence-corrected chi connectivity index (χ0v) is 17.8. The van der Waals surface area contributed by atoms with Crippen molar-refractivity contribution in [2.75, 3.05) is 4.90 Å². The maximum absolute atomic E-state index is 13.1. The van der Waals surface area contributed by atoms with Crippen LogP contribution in [0, 0.1) is 0 Å². The fraction of sp³-hybridized carbons (Fsp3) is 0.0909. The fourth-order valence-electron chi connectivity index (χ4n) is 3.38. The number of halogens is 1. The number of nitrogens with one attached hydrogen (secondary N) is 1. The number of rotatable bonds is 4.